The van der Waals surface area contributed by atoms with Gasteiger partial charge in [0.05, 0.1) is 18.2 Å². The van der Waals surface area contributed by atoms with Crippen LogP contribution in [0.5, 0.6) is 5.75 Å². The van der Waals surface area contributed by atoms with E-state index in [1.807, 2.05) is 38.1 Å². The van der Waals surface area contributed by atoms with Crippen molar-refractivity contribution in [3.63, 3.8) is 0 Å². The highest BCUT2D eigenvalue weighted by molar-refractivity contribution is 7.92. The van der Waals surface area contributed by atoms with Crippen LogP contribution in [-0.2, 0) is 21.4 Å². The summed E-state index contributed by atoms with van der Waals surface area (Å²) in [5.41, 5.74) is 6.48. The van der Waals surface area contributed by atoms with Gasteiger partial charge in [-0.05, 0) is 84.6 Å². The van der Waals surface area contributed by atoms with E-state index in [0.29, 0.717) is 23.1 Å². The Balaban J connectivity index is 1.56. The number of anilines is 1. The van der Waals surface area contributed by atoms with Gasteiger partial charge in [0.15, 0.2) is 0 Å². The number of carbonyl (C=O) groups excluding carboxylic acids is 1. The Morgan fingerprint density at radius 1 is 1.06 bits per heavy atom. The molecule has 1 amide bonds. The zero-order valence-electron chi connectivity index (χ0n) is 19.2. The molecule has 9 heteroatoms. The molecule has 3 aromatic carbocycles. The summed E-state index contributed by atoms with van der Waals surface area (Å²) >= 11 is 5.98. The van der Waals surface area contributed by atoms with E-state index in [4.69, 9.17) is 16.3 Å². The third-order valence-corrected chi connectivity index (χ3v) is 6.42. The Hall–Kier alpha value is -3.36. The maximum atomic E-state index is 12.4. The second-order valence-corrected chi connectivity index (χ2v) is 10.2. The third kappa shape index (κ3) is 7.33. The van der Waals surface area contributed by atoms with Gasteiger partial charge in [-0.3, -0.25) is 9.10 Å². The van der Waals surface area contributed by atoms with Gasteiger partial charge in [-0.1, -0.05) is 29.8 Å². The van der Waals surface area contributed by atoms with Crippen molar-refractivity contribution in [3.8, 4) is 5.75 Å². The van der Waals surface area contributed by atoms with E-state index in [1.165, 1.54) is 6.21 Å². The number of amides is 1. The van der Waals surface area contributed by atoms with Gasteiger partial charge in [-0.2, -0.15) is 5.10 Å². The van der Waals surface area contributed by atoms with E-state index >= 15 is 0 Å². The molecule has 3 aromatic rings. The maximum absolute atomic E-state index is 12.4. The Morgan fingerprint density at radius 3 is 2.44 bits per heavy atom. The predicted octanol–water partition coefficient (Wildman–Crippen LogP) is 4.45. The fourth-order valence-electron chi connectivity index (χ4n) is 3.07. The molecular weight excluding hydrogens is 474 g/mol. The molecule has 0 radical (unpaired) electrons. The molecule has 0 heterocycles. The van der Waals surface area contributed by atoms with Gasteiger partial charge >= 0.3 is 0 Å². The number of benzene rings is 3. The van der Waals surface area contributed by atoms with Gasteiger partial charge in [-0.25, -0.2) is 13.8 Å². The lowest BCUT2D eigenvalue weighted by Gasteiger charge is -2.22. The first-order chi connectivity index (χ1) is 16.1. The zero-order valence-corrected chi connectivity index (χ0v) is 20.7. The molecule has 0 spiro atoms. The second kappa shape index (κ2) is 11.2. The van der Waals surface area contributed by atoms with Crippen molar-refractivity contribution in [1.82, 2.24) is 5.43 Å². The van der Waals surface area contributed by atoms with Gasteiger partial charge in [0.1, 0.15) is 18.9 Å². The first kappa shape index (κ1) is 25.3. The van der Waals surface area contributed by atoms with Crippen LogP contribution in [0.4, 0.5) is 5.69 Å². The highest BCUT2D eigenvalue weighted by Crippen LogP contribution is 2.21. The Morgan fingerprint density at radius 2 is 1.79 bits per heavy atom. The number of rotatable bonds is 9. The van der Waals surface area contributed by atoms with Crippen LogP contribution in [0.15, 0.2) is 71.8 Å². The molecule has 0 bridgehead atoms. The molecule has 178 valence electrons. The fourth-order valence-corrected chi connectivity index (χ4v) is 4.13. The van der Waals surface area contributed by atoms with E-state index in [1.54, 1.807) is 42.5 Å². The summed E-state index contributed by atoms with van der Waals surface area (Å²) in [6.07, 6.45) is 2.54. The summed E-state index contributed by atoms with van der Waals surface area (Å²) in [6, 6.07) is 19.8. The minimum absolute atomic E-state index is 0.380. The first-order valence-electron chi connectivity index (χ1n) is 10.5. The number of hydrazone groups is 1. The Kier molecular flexibility index (Phi) is 8.31. The molecule has 3 rings (SSSR count). The fraction of sp³-hybridized carbons (Fsp3) is 0.200. The molecule has 0 aliphatic rings. The highest BCUT2D eigenvalue weighted by Gasteiger charge is 2.21. The molecule has 0 atom stereocenters. The van der Waals surface area contributed by atoms with E-state index in [2.05, 4.69) is 10.5 Å². The van der Waals surface area contributed by atoms with Gasteiger partial charge in [-0.15, -0.1) is 0 Å². The minimum atomic E-state index is -3.65. The third-order valence-electron chi connectivity index (χ3n) is 5.04. The lowest BCUT2D eigenvalue weighted by molar-refractivity contribution is -0.119. The number of sulfonamides is 1. The lowest BCUT2D eigenvalue weighted by atomic mass is 10.1. The maximum Gasteiger partial charge on any atom is 0.260 e. The molecule has 0 saturated carbocycles. The lowest BCUT2D eigenvalue weighted by Crippen LogP contribution is -2.39. The second-order valence-electron chi connectivity index (χ2n) is 7.82. The first-order valence-corrected chi connectivity index (χ1v) is 12.7. The molecule has 0 aromatic heterocycles. The summed E-state index contributed by atoms with van der Waals surface area (Å²) in [5, 5.41) is 4.59. The quantitative estimate of drug-likeness (QED) is 0.348. The molecule has 0 aliphatic carbocycles. The Bertz CT molecular complexity index is 1290. The van der Waals surface area contributed by atoms with E-state index in [9.17, 15) is 13.2 Å². The molecule has 0 saturated heterocycles. The summed E-state index contributed by atoms with van der Waals surface area (Å²) < 4.78 is 31.3. The summed E-state index contributed by atoms with van der Waals surface area (Å²) in [5.74, 6) is 0.125. The van der Waals surface area contributed by atoms with E-state index in [-0.39, 0.29) is 6.54 Å². The topological polar surface area (TPSA) is 88.1 Å². The van der Waals surface area contributed by atoms with E-state index < -0.39 is 15.9 Å². The zero-order chi connectivity index (χ0) is 24.7. The van der Waals surface area contributed by atoms with Crippen molar-refractivity contribution in [2.24, 2.45) is 5.10 Å². The van der Waals surface area contributed by atoms with Crippen molar-refractivity contribution in [2.75, 3.05) is 17.1 Å². The smallest absolute Gasteiger partial charge is 0.260 e. The number of carbonyl (C=O) groups is 1. The molecule has 34 heavy (non-hydrogen) atoms. The van der Waals surface area contributed by atoms with Crippen LogP contribution in [0.1, 0.15) is 22.3 Å². The van der Waals surface area contributed by atoms with Crippen LogP contribution in [0.3, 0.4) is 0 Å². The van der Waals surface area contributed by atoms with Gasteiger partial charge in [0.25, 0.3) is 5.91 Å². The monoisotopic (exact) mass is 499 g/mol. The van der Waals surface area contributed by atoms with Crippen molar-refractivity contribution in [3.05, 3.63) is 94.0 Å². The number of hydrogen-bond donors (Lipinski definition) is 1. The number of nitrogens with one attached hydrogen (secondary N) is 1. The molecule has 0 fully saturated rings. The summed E-state index contributed by atoms with van der Waals surface area (Å²) in [4.78, 5) is 12.4. The number of ether oxygens (including phenoxy) is 1. The van der Waals surface area contributed by atoms with Gasteiger partial charge in [0, 0.05) is 5.02 Å². The van der Waals surface area contributed by atoms with Crippen LogP contribution in [0.2, 0.25) is 5.02 Å². The van der Waals surface area contributed by atoms with Gasteiger partial charge in [0.2, 0.25) is 10.0 Å². The number of aryl methyl sites for hydroxylation is 2. The van der Waals surface area contributed by atoms with Crippen LogP contribution >= 0.6 is 11.6 Å². The van der Waals surface area contributed by atoms with Crippen LogP contribution in [0.25, 0.3) is 0 Å². The van der Waals surface area contributed by atoms with Crippen molar-refractivity contribution in [2.45, 2.75) is 20.5 Å². The molecule has 7 nitrogen and oxygen atoms in total. The minimum Gasteiger partial charge on any atom is -0.489 e. The predicted molar refractivity (Wildman–Crippen MR) is 136 cm³/mol. The molecule has 0 unspecified atom stereocenters. The van der Waals surface area contributed by atoms with Crippen LogP contribution < -0.4 is 14.5 Å². The van der Waals surface area contributed by atoms with Gasteiger partial charge < -0.3 is 4.74 Å². The number of hydrogen-bond acceptors (Lipinski definition) is 5. The Labute approximate surface area is 205 Å². The van der Waals surface area contributed by atoms with Crippen molar-refractivity contribution >= 4 is 39.4 Å². The summed E-state index contributed by atoms with van der Waals surface area (Å²) in [6.45, 7) is 3.83. The van der Waals surface area contributed by atoms with Crippen LogP contribution in [-0.4, -0.2) is 33.3 Å². The number of halogens is 1. The van der Waals surface area contributed by atoms with E-state index in [0.717, 1.165) is 32.8 Å². The highest BCUT2D eigenvalue weighted by atomic mass is 35.5. The summed E-state index contributed by atoms with van der Waals surface area (Å²) in [7, 11) is -3.65. The molecule has 1 N–H and O–H groups in total. The standard InChI is InChI=1S/C25H26ClN3O4S/c1-18-7-10-23(13-19(18)2)29(34(3,31)32)16-25(30)28-27-15-20-8-11-24(12-9-20)33-17-21-5-4-6-22(26)14-21/h4-15H,16-17H2,1-3H3,(H,28,30)/b27-15-. The van der Waals surface area contributed by atoms with Crippen molar-refractivity contribution < 1.29 is 17.9 Å². The average Bonchev–Trinajstić information content (AvgIpc) is 2.78. The van der Waals surface area contributed by atoms with Crippen LogP contribution in [0, 0.1) is 13.8 Å². The number of nitrogens with zero attached hydrogens (tertiary/aromatic N) is 2. The largest absolute Gasteiger partial charge is 0.489 e. The average molecular weight is 500 g/mol. The molecular formula is C25H26ClN3O4S. The van der Waals surface area contributed by atoms with Crippen molar-refractivity contribution in [1.29, 1.82) is 0 Å². The SMILES string of the molecule is Cc1ccc(N(CC(=O)N/N=C\c2ccc(OCc3cccc(Cl)c3)cc2)S(C)(=O)=O)cc1C. The molecule has 0 aliphatic heterocycles. The normalized spacial score (nSPS) is 11.4.